The Balaban J connectivity index is 1.53. The number of morpholine rings is 1. The van der Waals surface area contributed by atoms with Crippen LogP contribution in [0.25, 0.3) is 0 Å². The molecule has 1 aliphatic carbocycles. The fourth-order valence-corrected chi connectivity index (χ4v) is 4.11. The highest BCUT2D eigenvalue weighted by Crippen LogP contribution is 2.48. The summed E-state index contributed by atoms with van der Waals surface area (Å²) in [5, 5.41) is 13.5. The predicted octanol–water partition coefficient (Wildman–Crippen LogP) is 1.11. The number of aliphatic hydroxyl groups is 1. The number of hydrogen-bond acceptors (Lipinski definition) is 5. The van der Waals surface area contributed by atoms with Gasteiger partial charge in [-0.05, 0) is 26.0 Å². The van der Waals surface area contributed by atoms with E-state index in [2.05, 4.69) is 30.1 Å². The zero-order valence-electron chi connectivity index (χ0n) is 15.3. The molecule has 1 aromatic carbocycles. The number of nitrogens with one attached hydrogen (secondary N) is 1. The Bertz CT molecular complexity index is 741. The Morgan fingerprint density at radius 3 is 2.92 bits per heavy atom. The van der Waals surface area contributed by atoms with Crippen molar-refractivity contribution >= 4 is 5.91 Å². The van der Waals surface area contributed by atoms with Gasteiger partial charge in [-0.1, -0.05) is 17.7 Å². The number of benzene rings is 1. The van der Waals surface area contributed by atoms with Crippen LogP contribution >= 0.6 is 0 Å². The molecular weight excluding hydrogens is 332 g/mol. The number of rotatable bonds is 3. The first-order valence-corrected chi connectivity index (χ1v) is 9.24. The molecule has 3 aliphatic rings. The Morgan fingerprint density at radius 1 is 1.38 bits per heavy atom. The second-order valence-corrected chi connectivity index (χ2v) is 7.68. The smallest absolute Gasteiger partial charge is 0.238 e. The van der Waals surface area contributed by atoms with Gasteiger partial charge in [-0.3, -0.25) is 9.69 Å². The molecule has 4 rings (SSSR count). The lowest BCUT2D eigenvalue weighted by Crippen LogP contribution is -2.48. The molecule has 0 aromatic heterocycles. The van der Waals surface area contributed by atoms with E-state index in [4.69, 9.17) is 9.47 Å². The van der Waals surface area contributed by atoms with Gasteiger partial charge in [0.05, 0.1) is 31.3 Å². The molecule has 0 radical (unpaired) electrons. The van der Waals surface area contributed by atoms with Gasteiger partial charge >= 0.3 is 0 Å². The van der Waals surface area contributed by atoms with Gasteiger partial charge in [0.1, 0.15) is 11.9 Å². The minimum atomic E-state index is -0.725. The van der Waals surface area contributed by atoms with E-state index < -0.39 is 6.10 Å². The van der Waals surface area contributed by atoms with E-state index in [1.165, 1.54) is 5.56 Å². The molecule has 6 nitrogen and oxygen atoms in total. The third-order valence-corrected chi connectivity index (χ3v) is 5.66. The van der Waals surface area contributed by atoms with Crippen molar-refractivity contribution in [2.75, 3.05) is 32.8 Å². The van der Waals surface area contributed by atoms with Gasteiger partial charge in [-0.15, -0.1) is 0 Å². The molecule has 26 heavy (non-hydrogen) atoms. The van der Waals surface area contributed by atoms with E-state index in [0.29, 0.717) is 31.9 Å². The molecule has 2 aliphatic heterocycles. The molecule has 140 valence electrons. The fourth-order valence-electron chi connectivity index (χ4n) is 4.11. The van der Waals surface area contributed by atoms with Crippen LogP contribution in [-0.2, 0) is 14.9 Å². The highest BCUT2D eigenvalue weighted by molar-refractivity contribution is 5.80. The molecule has 1 fully saturated rings. The average molecular weight is 358 g/mol. The van der Waals surface area contributed by atoms with Gasteiger partial charge in [-0.2, -0.15) is 0 Å². The lowest BCUT2D eigenvalue weighted by Gasteiger charge is -2.36. The van der Waals surface area contributed by atoms with Crippen LogP contribution in [0.1, 0.15) is 24.5 Å². The number of carbonyl (C=O) groups is 1. The minimum Gasteiger partial charge on any atom is -0.489 e. The molecule has 3 atom stereocenters. The van der Waals surface area contributed by atoms with Crippen molar-refractivity contribution < 1.29 is 19.4 Å². The van der Waals surface area contributed by atoms with Gasteiger partial charge < -0.3 is 19.9 Å². The van der Waals surface area contributed by atoms with Crippen molar-refractivity contribution in [1.82, 2.24) is 10.2 Å². The SMILES string of the molecule is Cc1ccc2c(c1)[C@]1(C)C=C(NC(=O)CN3CCOCC3)C(O)C[C@@H]1O2. The lowest BCUT2D eigenvalue weighted by atomic mass is 9.72. The van der Waals surface area contributed by atoms with Crippen LogP contribution in [0.5, 0.6) is 5.75 Å². The summed E-state index contributed by atoms with van der Waals surface area (Å²) in [6.07, 6.45) is 1.61. The molecule has 2 heterocycles. The van der Waals surface area contributed by atoms with Crippen molar-refractivity contribution in [3.8, 4) is 5.75 Å². The topological polar surface area (TPSA) is 71.0 Å². The number of hydrogen-bond donors (Lipinski definition) is 2. The molecule has 2 N–H and O–H groups in total. The predicted molar refractivity (Wildman–Crippen MR) is 97.1 cm³/mol. The maximum atomic E-state index is 12.4. The summed E-state index contributed by atoms with van der Waals surface area (Å²) in [6.45, 7) is 7.33. The van der Waals surface area contributed by atoms with E-state index in [9.17, 15) is 9.90 Å². The van der Waals surface area contributed by atoms with E-state index in [-0.39, 0.29) is 17.4 Å². The van der Waals surface area contributed by atoms with E-state index in [0.717, 1.165) is 24.4 Å². The van der Waals surface area contributed by atoms with E-state index in [1.54, 1.807) is 0 Å². The van der Waals surface area contributed by atoms with Crippen LogP contribution < -0.4 is 10.1 Å². The summed E-state index contributed by atoms with van der Waals surface area (Å²) in [5.74, 6) is 0.773. The number of ether oxygens (including phenoxy) is 2. The lowest BCUT2D eigenvalue weighted by molar-refractivity contribution is -0.123. The fraction of sp³-hybridized carbons (Fsp3) is 0.550. The third-order valence-electron chi connectivity index (χ3n) is 5.66. The summed E-state index contributed by atoms with van der Waals surface area (Å²) >= 11 is 0. The maximum Gasteiger partial charge on any atom is 0.238 e. The number of amides is 1. The van der Waals surface area contributed by atoms with Crippen molar-refractivity contribution in [3.05, 3.63) is 41.1 Å². The molecule has 1 saturated heterocycles. The van der Waals surface area contributed by atoms with Gasteiger partial charge in [0, 0.05) is 30.8 Å². The average Bonchev–Trinajstić information content (AvgIpc) is 2.88. The van der Waals surface area contributed by atoms with Crippen molar-refractivity contribution in [1.29, 1.82) is 0 Å². The Morgan fingerprint density at radius 2 is 2.15 bits per heavy atom. The monoisotopic (exact) mass is 358 g/mol. The molecule has 1 unspecified atom stereocenters. The zero-order valence-corrected chi connectivity index (χ0v) is 15.3. The summed E-state index contributed by atoms with van der Waals surface area (Å²) < 4.78 is 11.4. The first-order valence-electron chi connectivity index (χ1n) is 9.24. The first-order chi connectivity index (χ1) is 12.5. The van der Waals surface area contributed by atoms with Crippen LogP contribution in [0, 0.1) is 6.92 Å². The molecular formula is C20H26N2O4. The van der Waals surface area contributed by atoms with Crippen molar-refractivity contribution in [3.63, 3.8) is 0 Å². The summed E-state index contributed by atoms with van der Waals surface area (Å²) in [6, 6.07) is 6.16. The Labute approximate surface area is 153 Å². The second kappa shape index (κ2) is 6.68. The second-order valence-electron chi connectivity index (χ2n) is 7.68. The van der Waals surface area contributed by atoms with Crippen LogP contribution in [0.15, 0.2) is 30.0 Å². The van der Waals surface area contributed by atoms with Gasteiger partial charge in [-0.25, -0.2) is 0 Å². The van der Waals surface area contributed by atoms with Crippen molar-refractivity contribution in [2.24, 2.45) is 0 Å². The summed E-state index contributed by atoms with van der Waals surface area (Å²) in [4.78, 5) is 14.5. The summed E-state index contributed by atoms with van der Waals surface area (Å²) in [7, 11) is 0. The molecule has 0 spiro atoms. The van der Waals surface area contributed by atoms with Crippen LogP contribution in [0.2, 0.25) is 0 Å². The quantitative estimate of drug-likeness (QED) is 0.847. The molecule has 0 bridgehead atoms. The number of nitrogens with zero attached hydrogens (tertiary/aromatic N) is 1. The minimum absolute atomic E-state index is 0.0948. The van der Waals surface area contributed by atoms with Gasteiger partial charge in [0.15, 0.2) is 0 Å². The van der Waals surface area contributed by atoms with E-state index >= 15 is 0 Å². The zero-order chi connectivity index (χ0) is 18.3. The Hall–Kier alpha value is -1.89. The largest absolute Gasteiger partial charge is 0.489 e. The number of aryl methyl sites for hydroxylation is 1. The standard InChI is InChI=1S/C20H26N2O4/c1-13-3-4-17-14(9-13)20(2)11-15(16(23)10-18(20)26-17)21-19(24)12-22-5-7-25-8-6-22/h3-4,9,11,16,18,23H,5-8,10,12H2,1-2H3,(H,21,24)/t16?,18-,20-/m0/s1. The van der Waals surface area contributed by atoms with Crippen molar-refractivity contribution in [2.45, 2.75) is 37.9 Å². The highest BCUT2D eigenvalue weighted by atomic mass is 16.5. The highest BCUT2D eigenvalue weighted by Gasteiger charge is 2.48. The number of fused-ring (bicyclic) bond motifs is 3. The van der Waals surface area contributed by atoms with Gasteiger partial charge in [0.2, 0.25) is 5.91 Å². The Kier molecular flexibility index (Phi) is 4.50. The number of aliphatic hydroxyl groups excluding tert-OH is 1. The normalized spacial score (nSPS) is 30.8. The molecule has 6 heteroatoms. The van der Waals surface area contributed by atoms with Crippen LogP contribution in [0.4, 0.5) is 0 Å². The maximum absolute atomic E-state index is 12.4. The third kappa shape index (κ3) is 3.13. The molecule has 0 saturated carbocycles. The van der Waals surface area contributed by atoms with Crippen LogP contribution in [0.3, 0.4) is 0 Å². The van der Waals surface area contributed by atoms with E-state index in [1.807, 2.05) is 18.2 Å². The summed E-state index contributed by atoms with van der Waals surface area (Å²) in [5.41, 5.74) is 2.53. The first kappa shape index (κ1) is 17.5. The van der Waals surface area contributed by atoms with Crippen LogP contribution in [-0.4, -0.2) is 61.0 Å². The molecule has 1 amide bonds. The molecule has 1 aromatic rings. The number of carbonyl (C=O) groups excluding carboxylic acids is 1. The van der Waals surface area contributed by atoms with Gasteiger partial charge in [0.25, 0.3) is 0 Å².